The van der Waals surface area contributed by atoms with Crippen molar-refractivity contribution >= 4 is 40.8 Å². The van der Waals surface area contributed by atoms with Crippen molar-refractivity contribution in [1.82, 2.24) is 0 Å². The Morgan fingerprint density at radius 2 is 1.82 bits per heavy atom. The predicted molar refractivity (Wildman–Crippen MR) is 84.0 cm³/mol. The minimum atomic E-state index is -1.25. The van der Waals surface area contributed by atoms with Gasteiger partial charge in [-0.05, 0) is 24.3 Å². The third kappa shape index (κ3) is 4.13. The number of halogens is 2. The van der Waals surface area contributed by atoms with E-state index in [1.165, 1.54) is 12.1 Å². The van der Waals surface area contributed by atoms with E-state index in [9.17, 15) is 9.59 Å². The largest absolute Gasteiger partial charge is 0.484 e. The molecule has 2 rings (SSSR count). The number of carbonyl (C=O) groups excluding carboxylic acids is 1. The maximum Gasteiger partial charge on any atom is 0.337 e. The summed E-state index contributed by atoms with van der Waals surface area (Å²) in [5.41, 5.74) is -0.203. The summed E-state index contributed by atoms with van der Waals surface area (Å²) in [4.78, 5) is 23.1. The second-order valence-corrected chi connectivity index (χ2v) is 5.11. The van der Waals surface area contributed by atoms with Crippen LogP contribution in [0.2, 0.25) is 10.0 Å². The Balaban J connectivity index is 2.10. The molecule has 22 heavy (non-hydrogen) atoms. The van der Waals surface area contributed by atoms with Gasteiger partial charge in [0.05, 0.1) is 16.3 Å². The fraction of sp³-hybridized carbons (Fsp3) is 0.0667. The topological polar surface area (TPSA) is 75.6 Å². The minimum Gasteiger partial charge on any atom is -0.484 e. The maximum absolute atomic E-state index is 11.9. The molecule has 7 heteroatoms. The first-order valence-electron chi connectivity index (χ1n) is 6.17. The van der Waals surface area contributed by atoms with Crippen LogP contribution >= 0.6 is 23.2 Å². The zero-order valence-electron chi connectivity index (χ0n) is 11.2. The van der Waals surface area contributed by atoms with Gasteiger partial charge in [-0.1, -0.05) is 41.4 Å². The highest BCUT2D eigenvalue weighted by atomic mass is 35.5. The monoisotopic (exact) mass is 339 g/mol. The highest BCUT2D eigenvalue weighted by molar-refractivity contribution is 6.37. The van der Waals surface area contributed by atoms with E-state index in [4.69, 9.17) is 33.0 Å². The number of anilines is 1. The Labute approximate surface area is 136 Å². The lowest BCUT2D eigenvalue weighted by Crippen LogP contribution is -2.21. The van der Waals surface area contributed by atoms with Crippen molar-refractivity contribution in [2.24, 2.45) is 0 Å². The van der Waals surface area contributed by atoms with Crippen LogP contribution in [-0.2, 0) is 4.79 Å². The molecule has 0 saturated carbocycles. The number of carbonyl (C=O) groups is 2. The number of carboxylic acids is 1. The number of carboxylic acid groups (broad SMARTS) is 1. The van der Waals surface area contributed by atoms with Gasteiger partial charge < -0.3 is 15.2 Å². The zero-order valence-corrected chi connectivity index (χ0v) is 12.7. The fourth-order valence-electron chi connectivity index (χ4n) is 1.71. The number of rotatable bonds is 5. The number of para-hydroxylation sites is 1. The number of aromatic carboxylic acids is 1. The van der Waals surface area contributed by atoms with E-state index >= 15 is 0 Å². The van der Waals surface area contributed by atoms with E-state index in [1.54, 1.807) is 24.3 Å². The maximum atomic E-state index is 11.9. The number of hydrogen-bond donors (Lipinski definition) is 2. The van der Waals surface area contributed by atoms with Gasteiger partial charge in [0.1, 0.15) is 5.75 Å². The third-order valence-electron chi connectivity index (χ3n) is 2.66. The first kappa shape index (κ1) is 16.1. The Kier molecular flexibility index (Phi) is 5.25. The van der Waals surface area contributed by atoms with Crippen molar-refractivity contribution in [3.8, 4) is 5.75 Å². The van der Waals surface area contributed by atoms with Crippen LogP contribution in [0.15, 0.2) is 42.5 Å². The molecule has 0 unspecified atom stereocenters. The molecule has 0 atom stereocenters. The molecule has 0 radical (unpaired) electrons. The summed E-state index contributed by atoms with van der Waals surface area (Å²) in [6, 6.07) is 11.3. The van der Waals surface area contributed by atoms with Gasteiger partial charge in [-0.15, -0.1) is 0 Å². The van der Waals surface area contributed by atoms with Crippen LogP contribution in [0.1, 0.15) is 10.4 Å². The number of benzene rings is 2. The Morgan fingerprint density at radius 1 is 1.14 bits per heavy atom. The third-order valence-corrected chi connectivity index (χ3v) is 3.18. The molecule has 0 aliphatic rings. The van der Waals surface area contributed by atoms with E-state index in [0.717, 1.165) is 0 Å². The van der Waals surface area contributed by atoms with E-state index in [1.807, 2.05) is 6.07 Å². The van der Waals surface area contributed by atoms with Crippen LogP contribution in [0, 0.1) is 0 Å². The molecule has 0 saturated heterocycles. The second-order valence-electron chi connectivity index (χ2n) is 4.27. The highest BCUT2D eigenvalue weighted by Crippen LogP contribution is 2.30. The lowest BCUT2D eigenvalue weighted by molar-refractivity contribution is -0.118. The van der Waals surface area contributed by atoms with Gasteiger partial charge in [0, 0.05) is 5.02 Å². The molecule has 0 aliphatic heterocycles. The van der Waals surface area contributed by atoms with E-state index < -0.39 is 11.9 Å². The van der Waals surface area contributed by atoms with Crippen molar-refractivity contribution in [2.75, 3.05) is 11.9 Å². The molecule has 0 aliphatic carbocycles. The second kappa shape index (κ2) is 7.15. The van der Waals surface area contributed by atoms with E-state index in [2.05, 4.69) is 5.32 Å². The standard InChI is InChI=1S/C15H11Cl2NO4/c16-9-6-11(15(20)21)14(12(17)7-9)18-13(19)8-22-10-4-2-1-3-5-10/h1-7H,8H2,(H,18,19)(H,20,21). The van der Waals surface area contributed by atoms with Crippen LogP contribution in [-0.4, -0.2) is 23.6 Å². The number of nitrogens with one attached hydrogen (secondary N) is 1. The molecule has 2 aromatic carbocycles. The Bertz CT molecular complexity index is 704. The Morgan fingerprint density at radius 3 is 2.45 bits per heavy atom. The SMILES string of the molecule is O=C(COc1ccccc1)Nc1c(Cl)cc(Cl)cc1C(=O)O. The molecule has 0 bridgehead atoms. The van der Waals surface area contributed by atoms with Crippen LogP contribution in [0.25, 0.3) is 0 Å². The average Bonchev–Trinajstić information content (AvgIpc) is 2.48. The summed E-state index contributed by atoms with van der Waals surface area (Å²) in [5.74, 6) is -1.25. The first-order valence-corrected chi connectivity index (χ1v) is 6.93. The molecule has 114 valence electrons. The van der Waals surface area contributed by atoms with Crippen molar-refractivity contribution in [3.63, 3.8) is 0 Å². The molecular weight excluding hydrogens is 329 g/mol. The minimum absolute atomic E-state index is 0.0137. The molecule has 2 aromatic rings. The van der Waals surface area contributed by atoms with E-state index in [-0.39, 0.29) is 27.9 Å². The number of ether oxygens (including phenoxy) is 1. The van der Waals surface area contributed by atoms with Crippen LogP contribution in [0.4, 0.5) is 5.69 Å². The molecule has 0 spiro atoms. The van der Waals surface area contributed by atoms with Crippen LogP contribution in [0.3, 0.4) is 0 Å². The quantitative estimate of drug-likeness (QED) is 0.870. The van der Waals surface area contributed by atoms with Crippen molar-refractivity contribution in [3.05, 3.63) is 58.1 Å². The lowest BCUT2D eigenvalue weighted by atomic mass is 10.1. The van der Waals surface area contributed by atoms with Crippen molar-refractivity contribution < 1.29 is 19.4 Å². The van der Waals surface area contributed by atoms with E-state index in [0.29, 0.717) is 5.75 Å². The molecule has 5 nitrogen and oxygen atoms in total. The summed E-state index contributed by atoms with van der Waals surface area (Å²) in [6.07, 6.45) is 0. The van der Waals surface area contributed by atoms with Gasteiger partial charge in [0.25, 0.3) is 5.91 Å². The number of amides is 1. The molecular formula is C15H11Cl2NO4. The Hall–Kier alpha value is -2.24. The normalized spacial score (nSPS) is 10.1. The van der Waals surface area contributed by atoms with Crippen molar-refractivity contribution in [2.45, 2.75) is 0 Å². The smallest absolute Gasteiger partial charge is 0.337 e. The summed E-state index contributed by atoms with van der Waals surface area (Å²) in [5, 5.41) is 11.8. The zero-order chi connectivity index (χ0) is 16.1. The molecule has 0 fully saturated rings. The van der Waals surface area contributed by atoms with Crippen molar-refractivity contribution in [1.29, 1.82) is 0 Å². The fourth-order valence-corrected chi connectivity index (χ4v) is 2.25. The molecule has 0 aromatic heterocycles. The van der Waals surface area contributed by atoms with Gasteiger partial charge >= 0.3 is 5.97 Å². The molecule has 0 heterocycles. The van der Waals surface area contributed by atoms with Gasteiger partial charge in [0.15, 0.2) is 6.61 Å². The lowest BCUT2D eigenvalue weighted by Gasteiger charge is -2.11. The van der Waals surface area contributed by atoms with Gasteiger partial charge in [-0.25, -0.2) is 4.79 Å². The highest BCUT2D eigenvalue weighted by Gasteiger charge is 2.17. The molecule has 2 N–H and O–H groups in total. The predicted octanol–water partition coefficient (Wildman–Crippen LogP) is 3.71. The summed E-state index contributed by atoms with van der Waals surface area (Å²) >= 11 is 11.7. The van der Waals surface area contributed by atoms with Gasteiger partial charge in [0.2, 0.25) is 0 Å². The van der Waals surface area contributed by atoms with Crippen LogP contribution in [0.5, 0.6) is 5.75 Å². The summed E-state index contributed by atoms with van der Waals surface area (Å²) < 4.78 is 5.28. The van der Waals surface area contributed by atoms with Gasteiger partial charge in [-0.2, -0.15) is 0 Å². The summed E-state index contributed by atoms with van der Waals surface area (Å²) in [6.45, 7) is -0.276. The first-order chi connectivity index (χ1) is 10.5. The molecule has 1 amide bonds. The van der Waals surface area contributed by atoms with Crippen LogP contribution < -0.4 is 10.1 Å². The van der Waals surface area contributed by atoms with Gasteiger partial charge in [-0.3, -0.25) is 4.79 Å². The average molecular weight is 340 g/mol. The number of hydrogen-bond acceptors (Lipinski definition) is 3. The summed E-state index contributed by atoms with van der Waals surface area (Å²) in [7, 11) is 0.